The van der Waals surface area contributed by atoms with E-state index >= 15 is 0 Å². The number of hydrogen-bond donors (Lipinski definition) is 4. The van der Waals surface area contributed by atoms with E-state index in [-0.39, 0.29) is 83.0 Å². The van der Waals surface area contributed by atoms with Crippen molar-refractivity contribution in [3.63, 3.8) is 0 Å². The van der Waals surface area contributed by atoms with E-state index in [9.17, 15) is 107 Å². The summed E-state index contributed by atoms with van der Waals surface area (Å²) in [6.07, 6.45) is -14.0. The second kappa shape index (κ2) is 41.6. The van der Waals surface area contributed by atoms with E-state index in [1.54, 1.807) is 0 Å². The fraction of sp³-hybridized carbons (Fsp3) is 0.423. The number of aliphatic hydroxyl groups excluding tert-OH is 2. The average molecular weight is 2020 g/mol. The molecule has 0 aromatic heterocycles. The van der Waals surface area contributed by atoms with Crippen LogP contribution in [0.15, 0.2) is 299 Å². The Balaban J connectivity index is 0.000000149. The standard InChI is InChI=1S/C21H21S.2C20H24F8O9S.2C18H15S/c1-16-4-10-19(11-5-16)22(20-12-6-17(2)7-13-20)21-14-8-18(3)9-15-21;2*21-16(22)8-36-18(37-9-17(16,23)24)11-1-10-2-12(18)5-15(3-10,4-11)14(30)34-6-13(29)7-35-19(25,26)20(27,28)38(31,32)33;2*1-4-10-16(11-5-1)19(17-12-6-2-7-13-17)18-14-8-3-9-15-18/h4-15H,1-3H3;2*10-13,29H,1-9H2,(H,31,32,33);2*1-15H/q+1;;;2*+1. The van der Waals surface area contributed by atoms with E-state index in [1.165, 1.54) is 60.7 Å². The Kier molecular flexibility index (Phi) is 32.1. The Bertz CT molecular complexity index is 5080. The molecule has 0 radical (unpaired) electrons. The molecule has 10 aliphatic rings. The number of hydrogen-bond acceptors (Lipinski definition) is 16. The highest BCUT2D eigenvalue weighted by Gasteiger charge is 2.74. The highest BCUT2D eigenvalue weighted by Crippen LogP contribution is 2.68. The minimum absolute atomic E-state index is 0.0146. The number of aryl methyl sites for hydroxylation is 3. The van der Waals surface area contributed by atoms with E-state index < -0.39 is 190 Å². The molecule has 2 spiro atoms. The van der Waals surface area contributed by atoms with Gasteiger partial charge in [0.05, 0.1) is 56.7 Å². The third kappa shape index (κ3) is 22.8. The van der Waals surface area contributed by atoms with Crippen LogP contribution in [0.3, 0.4) is 0 Å². The monoisotopic (exact) mass is 2020 g/mol. The fourth-order valence-electron chi connectivity index (χ4n) is 18.8. The summed E-state index contributed by atoms with van der Waals surface area (Å²) in [5.41, 5.74) is 1.43. The molecule has 8 bridgehead atoms. The average Bonchev–Trinajstić information content (AvgIpc) is 1.40. The van der Waals surface area contributed by atoms with Crippen molar-refractivity contribution >= 4 is 64.9 Å². The van der Waals surface area contributed by atoms with Crippen molar-refractivity contribution in [3.05, 3.63) is 271 Å². The number of carbonyl (C=O) groups excluding carboxylic acids is 2. The third-order valence-corrected chi connectivity index (χ3v) is 33.7. The number of esters is 2. The van der Waals surface area contributed by atoms with Gasteiger partial charge in [-0.2, -0.15) is 87.1 Å². The first-order valence-electron chi connectivity index (χ1n) is 43.1. The smallest absolute Gasteiger partial charge is 0.459 e. The first-order chi connectivity index (χ1) is 63.9. The number of carbonyl (C=O) groups is 2. The van der Waals surface area contributed by atoms with Crippen LogP contribution < -0.4 is 0 Å². The molecule has 9 aromatic rings. The van der Waals surface area contributed by atoms with Gasteiger partial charge >= 0.3 is 78.6 Å². The Morgan fingerprint density at radius 1 is 0.338 bits per heavy atom. The van der Waals surface area contributed by atoms with Gasteiger partial charge in [0.25, 0.3) is 0 Å². The first-order valence-corrected chi connectivity index (χ1v) is 49.7. The molecule has 2 saturated heterocycles. The summed E-state index contributed by atoms with van der Waals surface area (Å²) in [6.45, 7) is -5.18. The topological polar surface area (TPSA) is 257 Å². The predicted octanol–water partition coefficient (Wildman–Crippen LogP) is 20.9. The van der Waals surface area contributed by atoms with Crippen LogP contribution in [0.1, 0.15) is 80.9 Å². The Morgan fingerprint density at radius 2 is 0.537 bits per heavy atom. The lowest BCUT2D eigenvalue weighted by Crippen LogP contribution is -2.65. The zero-order valence-electron chi connectivity index (χ0n) is 73.2. The van der Waals surface area contributed by atoms with Gasteiger partial charge in [-0.25, -0.2) is 0 Å². The molecule has 0 amide bonds. The van der Waals surface area contributed by atoms with Crippen molar-refractivity contribution in [1.29, 1.82) is 0 Å². The molecule has 734 valence electrons. The third-order valence-electron chi connectivity index (χ3n) is 25.2. The Morgan fingerprint density at radius 3 is 0.735 bits per heavy atom. The van der Waals surface area contributed by atoms with E-state index in [2.05, 4.69) is 285 Å². The zero-order valence-corrected chi connectivity index (χ0v) is 77.3. The van der Waals surface area contributed by atoms with Gasteiger partial charge in [0.2, 0.25) is 0 Å². The summed E-state index contributed by atoms with van der Waals surface area (Å²) in [5, 5.41) is 7.48. The fourth-order valence-corrected chi connectivity index (χ4v) is 25.8. The van der Waals surface area contributed by atoms with E-state index in [0.29, 0.717) is 25.7 Å². The molecule has 19 rings (SSSR count). The Hall–Kier alpha value is -8.65. The minimum atomic E-state index is -6.57. The van der Waals surface area contributed by atoms with Crippen LogP contribution in [0.4, 0.5) is 70.2 Å². The van der Waals surface area contributed by atoms with E-state index in [0.717, 1.165) is 0 Å². The molecule has 6 atom stereocenters. The van der Waals surface area contributed by atoms with Crippen molar-refractivity contribution in [1.82, 2.24) is 0 Å². The van der Waals surface area contributed by atoms with Gasteiger partial charge in [0, 0.05) is 23.7 Å². The summed E-state index contributed by atoms with van der Waals surface area (Å²) in [5.74, 6) is -26.4. The van der Waals surface area contributed by atoms with Gasteiger partial charge in [-0.15, -0.1) is 0 Å². The lowest BCUT2D eigenvalue weighted by molar-refractivity contribution is -0.346. The van der Waals surface area contributed by atoms with Crippen LogP contribution in [0, 0.1) is 67.1 Å². The van der Waals surface area contributed by atoms with Crippen LogP contribution in [-0.4, -0.2) is 171 Å². The summed E-state index contributed by atoms with van der Waals surface area (Å²) < 4.78 is 314. The SMILES string of the molecule is Cc1ccc([S+](c2ccc(C)cc2)c2ccc(C)cc2)cc1.O=C(OCC(O)COC(F)(F)C(F)(F)S(=O)(=O)O)C12CC3CC(C1)C1(OCC(F)(F)C(F)(F)CO1)C(C3)C2.O=C(OCC(O)COC(F)(F)C(F)(F)S(=O)(=O)O)C12CC3CC(C1)C1(OCC(F)(F)C(F)(F)CO1)C(C3)C2.c1ccc([S+](c2ccccc2)c2ccccc2)cc1.c1ccc([S+](c2ccccc2)c2ccccc2)cc1. The van der Waals surface area contributed by atoms with Crippen LogP contribution in [-0.2, 0) is 100 Å². The maximum absolute atomic E-state index is 13.9. The molecule has 10 fully saturated rings. The van der Waals surface area contributed by atoms with Gasteiger partial charge in [0.1, 0.15) is 51.8 Å². The summed E-state index contributed by atoms with van der Waals surface area (Å²) >= 11 is 0. The predicted molar refractivity (Wildman–Crippen MR) is 468 cm³/mol. The van der Waals surface area contributed by atoms with Crippen molar-refractivity contribution < 1.29 is 154 Å². The molecular weight excluding hydrogens is 1920 g/mol. The number of ether oxygens (including phenoxy) is 8. The largest absolute Gasteiger partial charge is 0.462 e. The van der Waals surface area contributed by atoms with Crippen molar-refractivity contribution in [2.24, 2.45) is 46.3 Å². The zero-order chi connectivity index (χ0) is 98.5. The molecule has 2 heterocycles. The molecule has 6 unspecified atom stereocenters. The van der Waals surface area contributed by atoms with Gasteiger partial charge in [-0.3, -0.25) is 18.7 Å². The van der Waals surface area contributed by atoms with Crippen LogP contribution in [0.25, 0.3) is 0 Å². The summed E-state index contributed by atoms with van der Waals surface area (Å²) in [7, 11) is -13.2. The number of aliphatic hydroxyl groups is 2. The maximum Gasteiger partial charge on any atom is 0.459 e. The number of rotatable bonds is 25. The maximum atomic E-state index is 13.9. The molecule has 8 aliphatic carbocycles. The minimum Gasteiger partial charge on any atom is -0.462 e. The van der Waals surface area contributed by atoms with Gasteiger partial charge < -0.3 is 48.1 Å². The number of halogens is 16. The van der Waals surface area contributed by atoms with Crippen molar-refractivity contribution in [3.8, 4) is 0 Å². The normalized spacial score (nSPS) is 24.1. The van der Waals surface area contributed by atoms with Crippen molar-refractivity contribution in [2.75, 3.05) is 52.9 Å². The molecule has 136 heavy (non-hydrogen) atoms. The second-order valence-electron chi connectivity index (χ2n) is 35.0. The first kappa shape index (κ1) is 105. The van der Waals surface area contributed by atoms with E-state index in [1.807, 2.05) is 0 Å². The molecule has 2 aliphatic heterocycles. The Labute approximate surface area is 784 Å². The number of benzene rings is 9. The molecule has 4 N–H and O–H groups in total. The highest BCUT2D eigenvalue weighted by molar-refractivity contribution is 7.97. The van der Waals surface area contributed by atoms with Crippen LogP contribution in [0.2, 0.25) is 0 Å². The molecule has 18 nitrogen and oxygen atoms in total. The quantitative estimate of drug-likeness (QED) is 0.0179. The molecule has 8 saturated carbocycles. The number of alkyl halides is 16. The molecule has 39 heteroatoms. The lowest BCUT2D eigenvalue weighted by Gasteiger charge is -2.62. The summed E-state index contributed by atoms with van der Waals surface area (Å²) in [6, 6.07) is 91.1. The highest BCUT2D eigenvalue weighted by atomic mass is 32.2. The van der Waals surface area contributed by atoms with Crippen LogP contribution in [0.5, 0.6) is 0 Å². The van der Waals surface area contributed by atoms with E-state index in [4.69, 9.17) is 37.5 Å². The summed E-state index contributed by atoms with van der Waals surface area (Å²) in [4.78, 5) is 38.2. The van der Waals surface area contributed by atoms with Crippen molar-refractivity contribution in [2.45, 2.75) is 199 Å². The lowest BCUT2D eigenvalue weighted by atomic mass is 9.47. The van der Waals surface area contributed by atoms with Crippen LogP contribution >= 0.6 is 0 Å². The molecular formula is C97H99F16O18S5+3. The second-order valence-corrected chi connectivity index (χ2v) is 44.0. The molecule has 9 aromatic carbocycles. The van der Waals surface area contributed by atoms with Gasteiger partial charge in [-0.1, -0.05) is 162 Å². The van der Waals surface area contributed by atoms with Gasteiger partial charge in [-0.05, 0) is 206 Å². The van der Waals surface area contributed by atoms with Gasteiger partial charge in [0.15, 0.2) is 55.6 Å².